The fourth-order valence-corrected chi connectivity index (χ4v) is 2.92. The molecule has 0 fully saturated rings. The lowest BCUT2D eigenvalue weighted by Gasteiger charge is -2.24. The van der Waals surface area contributed by atoms with Crippen LogP contribution in [0.5, 0.6) is 0 Å². The van der Waals surface area contributed by atoms with Crippen molar-refractivity contribution in [3.05, 3.63) is 30.8 Å². The molecule has 0 aliphatic carbocycles. The summed E-state index contributed by atoms with van der Waals surface area (Å²) in [5.41, 5.74) is 1.71. The summed E-state index contributed by atoms with van der Waals surface area (Å²) >= 11 is 0. The highest BCUT2D eigenvalue weighted by molar-refractivity contribution is 5.97. The van der Waals surface area contributed by atoms with Gasteiger partial charge in [0.25, 0.3) is 0 Å². The third kappa shape index (κ3) is 6.79. The predicted octanol–water partition coefficient (Wildman–Crippen LogP) is 4.29. The molecular weight excluding hydrogens is 384 g/mol. The van der Waals surface area contributed by atoms with E-state index in [2.05, 4.69) is 15.6 Å². The molecule has 8 heteroatoms. The predicted molar refractivity (Wildman–Crippen MR) is 118 cm³/mol. The maximum absolute atomic E-state index is 12.9. The van der Waals surface area contributed by atoms with Crippen molar-refractivity contribution in [1.82, 2.24) is 10.3 Å². The summed E-state index contributed by atoms with van der Waals surface area (Å²) in [5, 5.41) is 5.59. The van der Waals surface area contributed by atoms with E-state index in [1.54, 1.807) is 33.0 Å². The van der Waals surface area contributed by atoms with Crippen molar-refractivity contribution in [3.8, 4) is 11.3 Å². The Bertz CT molecular complexity index is 855. The minimum absolute atomic E-state index is 0.210. The minimum Gasteiger partial charge on any atom is -0.444 e. The van der Waals surface area contributed by atoms with Crippen molar-refractivity contribution in [2.45, 2.75) is 52.7 Å². The zero-order valence-electron chi connectivity index (χ0n) is 18.8. The van der Waals surface area contributed by atoms with Crippen molar-refractivity contribution < 1.29 is 18.7 Å². The molecule has 1 atom stereocenters. The van der Waals surface area contributed by atoms with Crippen molar-refractivity contribution in [1.29, 1.82) is 0 Å². The van der Waals surface area contributed by atoms with Gasteiger partial charge in [-0.05, 0) is 51.3 Å². The van der Waals surface area contributed by atoms with Gasteiger partial charge >= 0.3 is 6.09 Å². The van der Waals surface area contributed by atoms with Crippen molar-refractivity contribution in [2.75, 3.05) is 24.3 Å². The smallest absolute Gasteiger partial charge is 0.408 e. The Balaban J connectivity index is 2.19. The van der Waals surface area contributed by atoms with Gasteiger partial charge in [-0.15, -0.1) is 0 Å². The van der Waals surface area contributed by atoms with Gasteiger partial charge in [-0.2, -0.15) is 0 Å². The first-order valence-corrected chi connectivity index (χ1v) is 9.97. The number of ether oxygens (including phenoxy) is 1. The maximum Gasteiger partial charge on any atom is 0.408 e. The number of benzene rings is 1. The fraction of sp³-hybridized carbons (Fsp3) is 0.500. The number of rotatable bonds is 7. The van der Waals surface area contributed by atoms with Crippen molar-refractivity contribution >= 4 is 23.4 Å². The standard InChI is InChI=1S/C22H32N4O4/c1-14(2)10-17(25-21(28)30-22(3,4)5)20(27)24-15-8-9-16(18(11-15)26(6)7)19-12-23-13-29-19/h8-9,11-14,17H,10H2,1-7H3,(H,24,27)(H,25,28). The molecule has 2 N–H and O–H groups in total. The van der Waals surface area contributed by atoms with Gasteiger partial charge in [-0.1, -0.05) is 13.8 Å². The molecule has 164 valence electrons. The average Bonchev–Trinajstić information content (AvgIpc) is 3.13. The van der Waals surface area contributed by atoms with Crippen LogP contribution in [0.1, 0.15) is 41.0 Å². The average molecular weight is 417 g/mol. The zero-order valence-corrected chi connectivity index (χ0v) is 18.8. The topological polar surface area (TPSA) is 96.7 Å². The number of hydrogen-bond donors (Lipinski definition) is 2. The molecule has 1 heterocycles. The van der Waals surface area contributed by atoms with E-state index < -0.39 is 17.7 Å². The van der Waals surface area contributed by atoms with E-state index in [4.69, 9.17) is 9.15 Å². The number of nitrogens with one attached hydrogen (secondary N) is 2. The number of carbonyl (C=O) groups excluding carboxylic acids is 2. The van der Waals surface area contributed by atoms with Crippen molar-refractivity contribution in [3.63, 3.8) is 0 Å². The molecule has 1 aromatic heterocycles. The van der Waals surface area contributed by atoms with Crippen LogP contribution in [-0.2, 0) is 9.53 Å². The number of aromatic nitrogens is 1. The molecule has 0 aliphatic heterocycles. The van der Waals surface area contributed by atoms with Crippen LogP contribution in [0.3, 0.4) is 0 Å². The van der Waals surface area contributed by atoms with Crippen LogP contribution >= 0.6 is 0 Å². The quantitative estimate of drug-likeness (QED) is 0.699. The van der Waals surface area contributed by atoms with E-state index in [1.165, 1.54) is 6.39 Å². The summed E-state index contributed by atoms with van der Waals surface area (Å²) in [6, 6.07) is 4.80. The molecule has 1 aromatic carbocycles. The molecule has 0 bridgehead atoms. The zero-order chi connectivity index (χ0) is 22.5. The van der Waals surface area contributed by atoms with E-state index in [9.17, 15) is 9.59 Å². The van der Waals surface area contributed by atoms with Crippen LogP contribution in [0.4, 0.5) is 16.2 Å². The van der Waals surface area contributed by atoms with Crippen LogP contribution in [0.2, 0.25) is 0 Å². The fourth-order valence-electron chi connectivity index (χ4n) is 2.92. The summed E-state index contributed by atoms with van der Waals surface area (Å²) in [6.45, 7) is 9.33. The normalized spacial score (nSPS) is 12.4. The molecule has 0 saturated carbocycles. The van der Waals surface area contributed by atoms with E-state index in [0.717, 1.165) is 11.3 Å². The summed E-state index contributed by atoms with van der Waals surface area (Å²) < 4.78 is 10.7. The molecule has 0 aliphatic rings. The van der Waals surface area contributed by atoms with Gasteiger partial charge in [0.15, 0.2) is 12.2 Å². The number of alkyl carbamates (subject to hydrolysis) is 1. The molecule has 2 rings (SSSR count). The van der Waals surface area contributed by atoms with Crippen LogP contribution in [-0.4, -0.2) is 42.7 Å². The maximum atomic E-state index is 12.9. The monoisotopic (exact) mass is 416 g/mol. The number of nitrogens with zero attached hydrogens (tertiary/aromatic N) is 2. The third-order valence-corrected chi connectivity index (χ3v) is 4.16. The lowest BCUT2D eigenvalue weighted by molar-refractivity contribution is -0.118. The first kappa shape index (κ1) is 23.3. The van der Waals surface area contributed by atoms with E-state index in [1.807, 2.05) is 45.0 Å². The van der Waals surface area contributed by atoms with E-state index in [0.29, 0.717) is 17.9 Å². The van der Waals surface area contributed by atoms with Gasteiger partial charge in [0.05, 0.1) is 6.20 Å². The highest BCUT2D eigenvalue weighted by Gasteiger charge is 2.25. The van der Waals surface area contributed by atoms with Crippen LogP contribution < -0.4 is 15.5 Å². The van der Waals surface area contributed by atoms with E-state index >= 15 is 0 Å². The number of carbonyl (C=O) groups is 2. The largest absolute Gasteiger partial charge is 0.444 e. The lowest BCUT2D eigenvalue weighted by Crippen LogP contribution is -2.46. The van der Waals surface area contributed by atoms with Crippen LogP contribution in [0, 0.1) is 5.92 Å². The molecular formula is C22H32N4O4. The summed E-state index contributed by atoms with van der Waals surface area (Å²) in [5.74, 6) is 0.550. The Kier molecular flexibility index (Phi) is 7.48. The second-order valence-electron chi connectivity index (χ2n) is 8.81. The molecule has 0 spiro atoms. The van der Waals surface area contributed by atoms with Gasteiger partial charge in [0, 0.05) is 31.0 Å². The molecule has 0 saturated heterocycles. The Labute approximate surface area is 178 Å². The highest BCUT2D eigenvalue weighted by Crippen LogP contribution is 2.32. The first-order chi connectivity index (χ1) is 14.0. The molecule has 8 nitrogen and oxygen atoms in total. The molecule has 1 unspecified atom stereocenters. The lowest BCUT2D eigenvalue weighted by atomic mass is 10.0. The van der Waals surface area contributed by atoms with Gasteiger partial charge in [-0.25, -0.2) is 9.78 Å². The number of amides is 2. The molecule has 2 aromatic rings. The van der Waals surface area contributed by atoms with Gasteiger partial charge in [0.1, 0.15) is 11.6 Å². The van der Waals surface area contributed by atoms with Gasteiger partial charge < -0.3 is 24.7 Å². The molecule has 2 amide bonds. The van der Waals surface area contributed by atoms with Crippen molar-refractivity contribution in [2.24, 2.45) is 5.92 Å². The Morgan fingerprint density at radius 2 is 1.93 bits per heavy atom. The summed E-state index contributed by atoms with van der Waals surface area (Å²) in [6.07, 6.45) is 2.90. The molecule has 30 heavy (non-hydrogen) atoms. The van der Waals surface area contributed by atoms with E-state index in [-0.39, 0.29) is 11.8 Å². The Morgan fingerprint density at radius 3 is 2.47 bits per heavy atom. The Hall–Kier alpha value is -3.03. The first-order valence-electron chi connectivity index (χ1n) is 9.97. The minimum atomic E-state index is -0.711. The second-order valence-corrected chi connectivity index (χ2v) is 8.81. The highest BCUT2D eigenvalue weighted by atomic mass is 16.6. The number of anilines is 2. The third-order valence-electron chi connectivity index (χ3n) is 4.16. The second kappa shape index (κ2) is 9.65. The Morgan fingerprint density at radius 1 is 1.23 bits per heavy atom. The van der Waals surface area contributed by atoms with Gasteiger partial charge in [0.2, 0.25) is 5.91 Å². The van der Waals surface area contributed by atoms with Crippen LogP contribution in [0.15, 0.2) is 35.2 Å². The summed E-state index contributed by atoms with van der Waals surface area (Å²) in [4.78, 5) is 31.0. The number of oxazole rings is 1. The number of hydrogen-bond acceptors (Lipinski definition) is 6. The van der Waals surface area contributed by atoms with Gasteiger partial charge in [-0.3, -0.25) is 4.79 Å². The SMILES string of the molecule is CC(C)CC(NC(=O)OC(C)(C)C)C(=O)Nc1ccc(-c2cnco2)c(N(C)C)c1. The van der Waals surface area contributed by atoms with Crippen LogP contribution in [0.25, 0.3) is 11.3 Å². The molecule has 0 radical (unpaired) electrons. The summed E-state index contributed by atoms with van der Waals surface area (Å²) in [7, 11) is 3.82.